The fourth-order valence-corrected chi connectivity index (χ4v) is 2.62. The van der Waals surface area contributed by atoms with Crippen molar-refractivity contribution < 1.29 is 19.5 Å². The standard InChI is InChI=1S/C19H24N4O4/c1-12(2)8-16(19(26)27)23-18(25)15(9-14-10-20-11-21-14)22-17(24)13-6-4-3-5-7-13/h3-7,10-12,15-16H,8-9H2,1-2H3,(H,20,21)(H,22,24)(H,23,25)(H,26,27)/t15-,16-/m0/s1. The fraction of sp³-hybridized carbons (Fsp3) is 0.368. The number of imidazole rings is 1. The molecular weight excluding hydrogens is 348 g/mol. The number of aliphatic carboxylic acids is 1. The SMILES string of the molecule is CC(C)C[C@H](NC(=O)[C@H](Cc1cnc[nH]1)NC(=O)c1ccccc1)C(=O)O. The zero-order chi connectivity index (χ0) is 19.8. The van der Waals surface area contributed by atoms with Gasteiger partial charge in [-0.25, -0.2) is 9.78 Å². The molecule has 1 heterocycles. The van der Waals surface area contributed by atoms with E-state index in [1.807, 2.05) is 13.8 Å². The lowest BCUT2D eigenvalue weighted by Gasteiger charge is -2.22. The van der Waals surface area contributed by atoms with Gasteiger partial charge in [-0.2, -0.15) is 0 Å². The van der Waals surface area contributed by atoms with Gasteiger partial charge in [-0.1, -0.05) is 32.0 Å². The fourth-order valence-electron chi connectivity index (χ4n) is 2.62. The maximum Gasteiger partial charge on any atom is 0.326 e. The van der Waals surface area contributed by atoms with Gasteiger partial charge in [-0.3, -0.25) is 9.59 Å². The van der Waals surface area contributed by atoms with Gasteiger partial charge in [0.1, 0.15) is 12.1 Å². The molecule has 0 bridgehead atoms. The highest BCUT2D eigenvalue weighted by atomic mass is 16.4. The van der Waals surface area contributed by atoms with Crippen LogP contribution < -0.4 is 10.6 Å². The van der Waals surface area contributed by atoms with Crippen LogP contribution in [0.15, 0.2) is 42.9 Å². The van der Waals surface area contributed by atoms with Crippen molar-refractivity contribution in [3.63, 3.8) is 0 Å². The second-order valence-electron chi connectivity index (χ2n) is 6.70. The number of H-pyrrole nitrogens is 1. The summed E-state index contributed by atoms with van der Waals surface area (Å²) in [6.45, 7) is 3.75. The lowest BCUT2D eigenvalue weighted by Crippen LogP contribution is -2.52. The summed E-state index contributed by atoms with van der Waals surface area (Å²) in [5.74, 6) is -1.98. The minimum atomic E-state index is -1.10. The third kappa shape index (κ3) is 6.25. The molecule has 0 saturated heterocycles. The predicted molar refractivity (Wildman–Crippen MR) is 99.0 cm³/mol. The number of carboxylic acids is 1. The summed E-state index contributed by atoms with van der Waals surface area (Å²) in [4.78, 5) is 43.4. The van der Waals surface area contributed by atoms with E-state index >= 15 is 0 Å². The molecule has 8 heteroatoms. The zero-order valence-corrected chi connectivity index (χ0v) is 15.3. The molecule has 144 valence electrons. The number of hydrogen-bond donors (Lipinski definition) is 4. The quantitative estimate of drug-likeness (QED) is 0.529. The first-order chi connectivity index (χ1) is 12.9. The Bertz CT molecular complexity index is 759. The number of aromatic nitrogens is 2. The van der Waals surface area contributed by atoms with E-state index in [1.54, 1.807) is 36.5 Å². The molecule has 0 aliphatic carbocycles. The number of benzene rings is 1. The van der Waals surface area contributed by atoms with Crippen molar-refractivity contribution in [2.75, 3.05) is 0 Å². The predicted octanol–water partition coefficient (Wildman–Crippen LogP) is 1.37. The van der Waals surface area contributed by atoms with E-state index in [1.165, 1.54) is 6.33 Å². The van der Waals surface area contributed by atoms with Crippen LogP contribution in [-0.2, 0) is 16.0 Å². The molecule has 2 amide bonds. The Kier molecular flexibility index (Phi) is 7.10. The molecular formula is C19H24N4O4. The topological polar surface area (TPSA) is 124 Å². The second-order valence-corrected chi connectivity index (χ2v) is 6.70. The van der Waals surface area contributed by atoms with Crippen LogP contribution >= 0.6 is 0 Å². The molecule has 0 saturated carbocycles. The molecule has 0 radical (unpaired) electrons. The van der Waals surface area contributed by atoms with Crippen molar-refractivity contribution in [3.8, 4) is 0 Å². The molecule has 0 fully saturated rings. The van der Waals surface area contributed by atoms with Crippen LogP contribution in [0.4, 0.5) is 0 Å². The van der Waals surface area contributed by atoms with E-state index in [9.17, 15) is 19.5 Å². The molecule has 0 aliphatic heterocycles. The maximum atomic E-state index is 12.7. The molecule has 2 rings (SSSR count). The maximum absolute atomic E-state index is 12.7. The Labute approximate surface area is 157 Å². The molecule has 2 atom stereocenters. The number of nitrogens with one attached hydrogen (secondary N) is 3. The summed E-state index contributed by atoms with van der Waals surface area (Å²) in [6, 6.07) is 6.56. The van der Waals surface area contributed by atoms with Gasteiger partial charge in [0.2, 0.25) is 5.91 Å². The zero-order valence-electron chi connectivity index (χ0n) is 15.3. The third-order valence-corrected chi connectivity index (χ3v) is 3.96. The van der Waals surface area contributed by atoms with Crippen LogP contribution in [0.2, 0.25) is 0 Å². The molecule has 2 aromatic rings. The van der Waals surface area contributed by atoms with E-state index in [0.29, 0.717) is 17.7 Å². The van der Waals surface area contributed by atoms with Gasteiger partial charge in [0.15, 0.2) is 0 Å². The summed E-state index contributed by atoms with van der Waals surface area (Å²) in [5, 5.41) is 14.6. The van der Waals surface area contributed by atoms with Gasteiger partial charge in [0.25, 0.3) is 5.91 Å². The number of carboxylic acid groups (broad SMARTS) is 1. The van der Waals surface area contributed by atoms with Crippen LogP contribution in [0, 0.1) is 5.92 Å². The number of carbonyl (C=O) groups excluding carboxylic acids is 2. The largest absolute Gasteiger partial charge is 0.480 e. The molecule has 8 nitrogen and oxygen atoms in total. The third-order valence-electron chi connectivity index (χ3n) is 3.96. The minimum absolute atomic E-state index is 0.0939. The molecule has 0 spiro atoms. The highest BCUT2D eigenvalue weighted by Gasteiger charge is 2.27. The monoisotopic (exact) mass is 372 g/mol. The van der Waals surface area contributed by atoms with Crippen LogP contribution in [0.5, 0.6) is 0 Å². The summed E-state index contributed by atoms with van der Waals surface area (Å²) in [7, 11) is 0. The lowest BCUT2D eigenvalue weighted by molar-refractivity contribution is -0.142. The van der Waals surface area contributed by atoms with Crippen LogP contribution in [0.1, 0.15) is 36.3 Å². The lowest BCUT2D eigenvalue weighted by atomic mass is 10.0. The Morgan fingerprint density at radius 3 is 2.37 bits per heavy atom. The van der Waals surface area contributed by atoms with Crippen molar-refractivity contribution in [1.82, 2.24) is 20.6 Å². The molecule has 4 N–H and O–H groups in total. The summed E-state index contributed by atoms with van der Waals surface area (Å²) in [5.41, 5.74) is 1.07. The summed E-state index contributed by atoms with van der Waals surface area (Å²) in [6.07, 6.45) is 3.49. The van der Waals surface area contributed by atoms with Crippen molar-refractivity contribution in [3.05, 3.63) is 54.1 Å². The number of aromatic amines is 1. The second kappa shape index (κ2) is 9.51. The van der Waals surface area contributed by atoms with Crippen molar-refractivity contribution in [2.45, 2.75) is 38.8 Å². The van der Waals surface area contributed by atoms with Crippen LogP contribution in [-0.4, -0.2) is 44.9 Å². The Hall–Kier alpha value is -3.16. The Balaban J connectivity index is 2.14. The normalized spacial score (nSPS) is 13.0. The number of rotatable bonds is 9. The molecule has 1 aromatic heterocycles. The number of carbonyl (C=O) groups is 3. The van der Waals surface area contributed by atoms with E-state index in [4.69, 9.17) is 0 Å². The van der Waals surface area contributed by atoms with E-state index < -0.39 is 29.9 Å². The minimum Gasteiger partial charge on any atom is -0.480 e. The number of nitrogens with zero attached hydrogens (tertiary/aromatic N) is 1. The molecule has 27 heavy (non-hydrogen) atoms. The van der Waals surface area contributed by atoms with Crippen molar-refractivity contribution in [1.29, 1.82) is 0 Å². The molecule has 0 unspecified atom stereocenters. The smallest absolute Gasteiger partial charge is 0.326 e. The molecule has 1 aromatic carbocycles. The van der Waals surface area contributed by atoms with Crippen LogP contribution in [0.3, 0.4) is 0 Å². The van der Waals surface area contributed by atoms with Gasteiger partial charge in [0.05, 0.1) is 6.33 Å². The average Bonchev–Trinajstić information content (AvgIpc) is 3.13. The summed E-state index contributed by atoms with van der Waals surface area (Å²) >= 11 is 0. The Morgan fingerprint density at radius 1 is 1.11 bits per heavy atom. The van der Waals surface area contributed by atoms with Gasteiger partial charge >= 0.3 is 5.97 Å². The highest BCUT2D eigenvalue weighted by molar-refractivity contribution is 5.98. The van der Waals surface area contributed by atoms with E-state index in [-0.39, 0.29) is 12.3 Å². The van der Waals surface area contributed by atoms with Crippen molar-refractivity contribution in [2.24, 2.45) is 5.92 Å². The van der Waals surface area contributed by atoms with E-state index in [2.05, 4.69) is 20.6 Å². The Morgan fingerprint density at radius 2 is 1.81 bits per heavy atom. The van der Waals surface area contributed by atoms with Crippen LogP contribution in [0.25, 0.3) is 0 Å². The van der Waals surface area contributed by atoms with E-state index in [0.717, 1.165) is 0 Å². The highest BCUT2D eigenvalue weighted by Crippen LogP contribution is 2.07. The van der Waals surface area contributed by atoms with Gasteiger partial charge in [-0.05, 0) is 24.5 Å². The van der Waals surface area contributed by atoms with Crippen molar-refractivity contribution >= 4 is 17.8 Å². The number of amides is 2. The average molecular weight is 372 g/mol. The first-order valence-electron chi connectivity index (χ1n) is 8.73. The van der Waals surface area contributed by atoms with Gasteiger partial charge < -0.3 is 20.7 Å². The number of hydrogen-bond acceptors (Lipinski definition) is 4. The molecule has 0 aliphatic rings. The van der Waals surface area contributed by atoms with Gasteiger partial charge in [-0.15, -0.1) is 0 Å². The summed E-state index contributed by atoms with van der Waals surface area (Å²) < 4.78 is 0. The van der Waals surface area contributed by atoms with Gasteiger partial charge in [0, 0.05) is 23.9 Å². The first-order valence-corrected chi connectivity index (χ1v) is 8.73. The first kappa shape index (κ1) is 20.2.